The first-order valence-corrected chi connectivity index (χ1v) is 11.5. The summed E-state index contributed by atoms with van der Waals surface area (Å²) in [6, 6.07) is 0. The van der Waals surface area contributed by atoms with Crippen molar-refractivity contribution in [1.29, 1.82) is 0 Å². The lowest BCUT2D eigenvalue weighted by Crippen LogP contribution is -2.28. The molecule has 0 saturated carbocycles. The third-order valence-corrected chi connectivity index (χ3v) is 4.58. The normalized spacial score (nSPS) is 13.8. The Labute approximate surface area is 170 Å². The minimum Gasteiger partial charge on any atom is -0.376 e. The number of hydrogen-bond acceptors (Lipinski definition) is 2. The van der Waals surface area contributed by atoms with Gasteiger partial charge in [0, 0.05) is 6.61 Å². The lowest BCUT2D eigenvalue weighted by atomic mass is 10.1. The summed E-state index contributed by atoms with van der Waals surface area (Å²) in [4.78, 5) is 0. The van der Waals surface area contributed by atoms with E-state index in [0.717, 1.165) is 26.1 Å². The minimum atomic E-state index is -0.0757. The topological polar surface area (TPSA) is 18.5 Å². The number of unbranched alkanes of at least 4 members (excludes halogenated alkanes) is 8. The van der Waals surface area contributed by atoms with E-state index in [1.54, 1.807) is 0 Å². The van der Waals surface area contributed by atoms with Gasteiger partial charge in [0.1, 0.15) is 0 Å². The van der Waals surface area contributed by atoms with Crippen LogP contribution in [0.2, 0.25) is 0 Å². The highest BCUT2D eigenvalue weighted by Gasteiger charge is 2.15. The molecule has 0 saturated heterocycles. The van der Waals surface area contributed by atoms with Crippen molar-refractivity contribution in [3.8, 4) is 0 Å². The number of rotatable bonds is 18. The molecule has 0 aromatic rings. The van der Waals surface area contributed by atoms with Gasteiger partial charge in [0.25, 0.3) is 0 Å². The molecule has 0 aromatic heterocycles. The van der Waals surface area contributed by atoms with Crippen molar-refractivity contribution in [1.82, 2.24) is 0 Å². The largest absolute Gasteiger partial charge is 0.376 e. The van der Waals surface area contributed by atoms with E-state index in [1.807, 2.05) is 0 Å². The molecule has 0 amide bonds. The van der Waals surface area contributed by atoms with Gasteiger partial charge in [-0.3, -0.25) is 0 Å². The molecule has 27 heavy (non-hydrogen) atoms. The molecule has 2 nitrogen and oxygen atoms in total. The molecule has 0 N–H and O–H groups in total. The third-order valence-electron chi connectivity index (χ3n) is 4.58. The highest BCUT2D eigenvalue weighted by atomic mass is 16.5. The van der Waals surface area contributed by atoms with E-state index >= 15 is 0 Å². The first kappa shape index (κ1) is 26.4. The van der Waals surface area contributed by atoms with Crippen LogP contribution in [-0.2, 0) is 9.47 Å². The van der Waals surface area contributed by atoms with Gasteiger partial charge in [-0.25, -0.2) is 0 Å². The third kappa shape index (κ3) is 21.6. The summed E-state index contributed by atoms with van der Waals surface area (Å²) in [5.74, 6) is 0. The predicted molar refractivity (Wildman–Crippen MR) is 120 cm³/mol. The fraction of sp³-hybridized carbons (Fsp3) is 0.840. The number of allylic oxidation sites excluding steroid dienone is 4. The maximum Gasteiger partial charge on any atom is 0.0808 e. The maximum absolute atomic E-state index is 5.88. The fourth-order valence-corrected chi connectivity index (χ4v) is 2.98. The molecule has 1 atom stereocenters. The Balaban J connectivity index is 3.52. The summed E-state index contributed by atoms with van der Waals surface area (Å²) < 4.78 is 11.7. The van der Waals surface area contributed by atoms with Crippen molar-refractivity contribution < 1.29 is 9.47 Å². The summed E-state index contributed by atoms with van der Waals surface area (Å²) in [6.07, 6.45) is 24.8. The van der Waals surface area contributed by atoms with E-state index in [-0.39, 0.29) is 11.7 Å². The highest BCUT2D eigenvalue weighted by molar-refractivity contribution is 4.92. The summed E-state index contributed by atoms with van der Waals surface area (Å²) in [5, 5.41) is 0. The molecule has 0 spiro atoms. The Morgan fingerprint density at radius 2 is 1.33 bits per heavy atom. The molecule has 0 aliphatic rings. The molecule has 0 radical (unpaired) electrons. The Morgan fingerprint density at radius 3 is 1.93 bits per heavy atom. The van der Waals surface area contributed by atoms with Crippen LogP contribution in [0.1, 0.15) is 112 Å². The lowest BCUT2D eigenvalue weighted by Gasteiger charge is -2.24. The second-order valence-corrected chi connectivity index (χ2v) is 8.52. The number of hydrogen-bond donors (Lipinski definition) is 0. The summed E-state index contributed by atoms with van der Waals surface area (Å²) >= 11 is 0. The Hall–Kier alpha value is -0.600. The van der Waals surface area contributed by atoms with E-state index in [1.165, 1.54) is 64.2 Å². The summed E-state index contributed by atoms with van der Waals surface area (Å²) in [5.41, 5.74) is -0.0757. The first-order valence-electron chi connectivity index (χ1n) is 11.5. The van der Waals surface area contributed by atoms with Crippen molar-refractivity contribution in [3.63, 3.8) is 0 Å². The lowest BCUT2D eigenvalue weighted by molar-refractivity contribution is -0.0729. The quantitative estimate of drug-likeness (QED) is 0.177. The van der Waals surface area contributed by atoms with Gasteiger partial charge < -0.3 is 9.47 Å². The zero-order chi connectivity index (χ0) is 20.2. The molecule has 0 aliphatic heterocycles. The standard InChI is InChI=1S/C25H48O2/c1-6-8-9-10-11-12-13-14-15-16-17-18-19-20-21-22-24(26-7-2)23-27-25(3,4)5/h11-12,14-15,24H,6-10,13,16-23H2,1-5H3. The van der Waals surface area contributed by atoms with Crippen LogP contribution < -0.4 is 0 Å². The van der Waals surface area contributed by atoms with Crippen LogP contribution in [-0.4, -0.2) is 24.9 Å². The van der Waals surface area contributed by atoms with Gasteiger partial charge >= 0.3 is 0 Å². The van der Waals surface area contributed by atoms with Crippen molar-refractivity contribution in [2.45, 2.75) is 123 Å². The molecule has 1 unspecified atom stereocenters. The Kier molecular flexibility index (Phi) is 18.3. The summed E-state index contributed by atoms with van der Waals surface area (Å²) in [6.45, 7) is 12.1. The molecule has 0 aliphatic carbocycles. The second kappa shape index (κ2) is 18.7. The van der Waals surface area contributed by atoms with Gasteiger partial charge in [0.2, 0.25) is 0 Å². The van der Waals surface area contributed by atoms with Gasteiger partial charge in [-0.05, 0) is 66.2 Å². The Morgan fingerprint density at radius 1 is 0.741 bits per heavy atom. The molecule has 0 fully saturated rings. The second-order valence-electron chi connectivity index (χ2n) is 8.52. The van der Waals surface area contributed by atoms with E-state index < -0.39 is 0 Å². The Bertz CT molecular complexity index is 352. The van der Waals surface area contributed by atoms with Gasteiger partial charge in [0.15, 0.2) is 0 Å². The SMILES string of the molecule is CCCCCC=CCC=CCCCCCCCC(COC(C)(C)C)OCC. The van der Waals surface area contributed by atoms with Crippen molar-refractivity contribution in [2.75, 3.05) is 13.2 Å². The molecule has 0 bridgehead atoms. The van der Waals surface area contributed by atoms with Gasteiger partial charge in [-0.15, -0.1) is 0 Å². The van der Waals surface area contributed by atoms with Crippen molar-refractivity contribution in [3.05, 3.63) is 24.3 Å². The molecule has 2 heteroatoms. The predicted octanol–water partition coefficient (Wildman–Crippen LogP) is 8.02. The maximum atomic E-state index is 5.88. The first-order chi connectivity index (χ1) is 13.0. The van der Waals surface area contributed by atoms with Crippen LogP contribution in [0.15, 0.2) is 24.3 Å². The van der Waals surface area contributed by atoms with E-state index in [2.05, 4.69) is 58.9 Å². The molecule has 0 heterocycles. The number of ether oxygens (including phenoxy) is 2. The average molecular weight is 381 g/mol. The van der Waals surface area contributed by atoms with Crippen LogP contribution in [0.4, 0.5) is 0 Å². The fourth-order valence-electron chi connectivity index (χ4n) is 2.98. The molecular weight excluding hydrogens is 332 g/mol. The van der Waals surface area contributed by atoms with Crippen LogP contribution in [0.3, 0.4) is 0 Å². The van der Waals surface area contributed by atoms with Crippen LogP contribution in [0.5, 0.6) is 0 Å². The van der Waals surface area contributed by atoms with Gasteiger partial charge in [-0.1, -0.05) is 69.8 Å². The van der Waals surface area contributed by atoms with Crippen LogP contribution in [0, 0.1) is 0 Å². The molecule has 0 aromatic carbocycles. The average Bonchev–Trinajstić information content (AvgIpc) is 2.62. The molecule has 0 rings (SSSR count). The molecule has 160 valence electrons. The van der Waals surface area contributed by atoms with Gasteiger partial charge in [-0.2, -0.15) is 0 Å². The van der Waals surface area contributed by atoms with Gasteiger partial charge in [0.05, 0.1) is 18.3 Å². The van der Waals surface area contributed by atoms with Crippen molar-refractivity contribution in [2.24, 2.45) is 0 Å². The zero-order valence-corrected chi connectivity index (χ0v) is 19.1. The smallest absolute Gasteiger partial charge is 0.0808 e. The summed E-state index contributed by atoms with van der Waals surface area (Å²) in [7, 11) is 0. The minimum absolute atomic E-state index is 0.0757. The van der Waals surface area contributed by atoms with E-state index in [0.29, 0.717) is 0 Å². The zero-order valence-electron chi connectivity index (χ0n) is 19.1. The van der Waals surface area contributed by atoms with Crippen LogP contribution in [0.25, 0.3) is 0 Å². The van der Waals surface area contributed by atoms with Crippen molar-refractivity contribution >= 4 is 0 Å². The monoisotopic (exact) mass is 380 g/mol. The van der Waals surface area contributed by atoms with E-state index in [4.69, 9.17) is 9.47 Å². The molecular formula is C25H48O2. The highest BCUT2D eigenvalue weighted by Crippen LogP contribution is 2.14. The van der Waals surface area contributed by atoms with Crippen LogP contribution >= 0.6 is 0 Å². The van der Waals surface area contributed by atoms with E-state index in [9.17, 15) is 0 Å².